The molecule has 0 spiro atoms. The fourth-order valence-electron chi connectivity index (χ4n) is 4.04. The average molecular weight is 429 g/mol. The molecule has 1 aromatic carbocycles. The molecule has 0 saturated carbocycles. The summed E-state index contributed by atoms with van der Waals surface area (Å²) in [5.41, 5.74) is 8.18. The Kier molecular flexibility index (Phi) is 7.49. The first-order chi connectivity index (χ1) is 14.8. The summed E-state index contributed by atoms with van der Waals surface area (Å²) in [6, 6.07) is 4.39. The van der Waals surface area contributed by atoms with Gasteiger partial charge in [0.1, 0.15) is 6.04 Å². The number of carbonyl (C=O) groups excluding carboxylic acids is 3. The number of hydrogen-bond acceptors (Lipinski definition) is 4. The van der Waals surface area contributed by atoms with Crippen molar-refractivity contribution in [1.82, 2.24) is 15.1 Å². The summed E-state index contributed by atoms with van der Waals surface area (Å²) < 4.78 is 0. The van der Waals surface area contributed by atoms with E-state index in [1.54, 1.807) is 4.90 Å². The van der Waals surface area contributed by atoms with E-state index >= 15 is 0 Å². The molecule has 3 rings (SSSR count). The number of hydrogen-bond donors (Lipinski definition) is 3. The lowest BCUT2D eigenvalue weighted by Gasteiger charge is -2.25. The van der Waals surface area contributed by atoms with Gasteiger partial charge in [-0.3, -0.25) is 14.9 Å². The molecule has 0 bridgehead atoms. The Morgan fingerprint density at radius 2 is 1.84 bits per heavy atom. The van der Waals surface area contributed by atoms with Gasteiger partial charge in [-0.2, -0.15) is 0 Å². The maximum absolute atomic E-state index is 13.2. The lowest BCUT2D eigenvalue weighted by molar-refractivity contribution is -0.140. The summed E-state index contributed by atoms with van der Waals surface area (Å²) in [4.78, 5) is 45.2. The van der Waals surface area contributed by atoms with Crippen molar-refractivity contribution < 1.29 is 14.4 Å². The number of benzene rings is 1. The van der Waals surface area contributed by atoms with Gasteiger partial charge in [0.05, 0.1) is 6.54 Å². The van der Waals surface area contributed by atoms with Crippen molar-refractivity contribution in [1.29, 1.82) is 0 Å². The minimum atomic E-state index is -0.766. The number of urea groups is 1. The monoisotopic (exact) mass is 428 g/mol. The van der Waals surface area contributed by atoms with Crippen LogP contribution in [0.15, 0.2) is 23.2 Å². The van der Waals surface area contributed by atoms with Crippen LogP contribution in [-0.4, -0.2) is 65.8 Å². The normalized spacial score (nSPS) is 19.9. The summed E-state index contributed by atoms with van der Waals surface area (Å²) in [7, 11) is 0. The highest BCUT2D eigenvalue weighted by molar-refractivity contribution is 6.04. The maximum atomic E-state index is 13.2. The number of nitrogens with zero attached hydrogens (tertiary/aromatic N) is 3. The van der Waals surface area contributed by atoms with Crippen molar-refractivity contribution in [2.45, 2.75) is 52.0 Å². The number of aliphatic imine (C=N–C) groups is 1. The summed E-state index contributed by atoms with van der Waals surface area (Å²) in [5, 5.41) is 5.58. The second-order valence-corrected chi connectivity index (χ2v) is 8.27. The number of nitrogens with two attached hydrogens (primary N) is 1. The van der Waals surface area contributed by atoms with Gasteiger partial charge in [-0.05, 0) is 57.6 Å². The van der Waals surface area contributed by atoms with E-state index in [1.165, 1.54) is 0 Å². The van der Waals surface area contributed by atoms with Gasteiger partial charge in [-0.15, -0.1) is 0 Å². The fraction of sp³-hybridized carbons (Fsp3) is 0.545. The van der Waals surface area contributed by atoms with Crippen molar-refractivity contribution in [3.05, 3.63) is 29.3 Å². The van der Waals surface area contributed by atoms with Crippen LogP contribution in [0.5, 0.6) is 0 Å². The zero-order valence-corrected chi connectivity index (χ0v) is 18.3. The quantitative estimate of drug-likeness (QED) is 0.500. The zero-order valence-electron chi connectivity index (χ0n) is 18.3. The molecule has 2 aliphatic heterocycles. The lowest BCUT2D eigenvalue weighted by Crippen LogP contribution is -2.46. The number of rotatable bonds is 4. The first-order valence-corrected chi connectivity index (χ1v) is 10.9. The number of nitrogens with one attached hydrogen (secondary N) is 2. The highest BCUT2D eigenvalue weighted by atomic mass is 16.2. The molecule has 1 atom stereocenters. The molecule has 9 heteroatoms. The van der Waals surface area contributed by atoms with E-state index < -0.39 is 12.1 Å². The second-order valence-electron chi connectivity index (χ2n) is 8.27. The Labute approximate surface area is 183 Å². The van der Waals surface area contributed by atoms with E-state index in [2.05, 4.69) is 15.6 Å². The Balaban J connectivity index is 1.77. The van der Waals surface area contributed by atoms with Gasteiger partial charge in [-0.1, -0.05) is 17.7 Å². The van der Waals surface area contributed by atoms with Crippen LogP contribution in [-0.2, 0) is 9.59 Å². The molecular weight excluding hydrogens is 396 g/mol. The van der Waals surface area contributed by atoms with E-state index in [4.69, 9.17) is 5.73 Å². The number of carbonyl (C=O) groups is 3. The Hall–Kier alpha value is -3.10. The highest BCUT2D eigenvalue weighted by Gasteiger charge is 2.30. The Morgan fingerprint density at radius 1 is 1.13 bits per heavy atom. The summed E-state index contributed by atoms with van der Waals surface area (Å²) >= 11 is 0. The highest BCUT2D eigenvalue weighted by Crippen LogP contribution is 2.19. The van der Waals surface area contributed by atoms with E-state index in [0.717, 1.165) is 55.6 Å². The molecule has 0 radical (unpaired) electrons. The molecule has 2 fully saturated rings. The molecule has 1 unspecified atom stereocenters. The number of amides is 4. The molecular formula is C22H32N6O3. The number of guanidine groups is 1. The first-order valence-electron chi connectivity index (χ1n) is 10.9. The predicted octanol–water partition coefficient (Wildman–Crippen LogP) is 1.74. The molecule has 168 valence electrons. The SMILES string of the molecule is Cc1ccc(NC(=NC2CCCCN(CC(=O)N3CCCC3)C2=O)NC(N)=O)c(C)c1. The molecule has 4 amide bonds. The maximum Gasteiger partial charge on any atom is 0.318 e. The molecule has 2 saturated heterocycles. The number of aryl methyl sites for hydroxylation is 2. The summed E-state index contributed by atoms with van der Waals surface area (Å²) in [6.45, 7) is 6.07. The Bertz CT molecular complexity index is 863. The summed E-state index contributed by atoms with van der Waals surface area (Å²) in [5.74, 6) is -0.0823. The van der Waals surface area contributed by atoms with E-state index in [9.17, 15) is 14.4 Å². The first kappa shape index (κ1) is 22.6. The van der Waals surface area contributed by atoms with Crippen LogP contribution in [0, 0.1) is 13.8 Å². The van der Waals surface area contributed by atoms with Crippen LogP contribution in [0.25, 0.3) is 0 Å². The van der Waals surface area contributed by atoms with Crippen LogP contribution >= 0.6 is 0 Å². The van der Waals surface area contributed by atoms with E-state index in [1.807, 2.05) is 36.9 Å². The number of anilines is 1. The van der Waals surface area contributed by atoms with Gasteiger partial charge in [-0.25, -0.2) is 9.79 Å². The van der Waals surface area contributed by atoms with Crippen LogP contribution in [0.4, 0.5) is 10.5 Å². The van der Waals surface area contributed by atoms with Crippen molar-refractivity contribution in [2.24, 2.45) is 10.7 Å². The van der Waals surface area contributed by atoms with Gasteiger partial charge >= 0.3 is 6.03 Å². The second kappa shape index (κ2) is 10.3. The molecule has 9 nitrogen and oxygen atoms in total. The van der Waals surface area contributed by atoms with E-state index in [-0.39, 0.29) is 24.3 Å². The fourth-order valence-corrected chi connectivity index (χ4v) is 4.04. The molecule has 1 aromatic rings. The van der Waals surface area contributed by atoms with Crippen LogP contribution in [0.1, 0.15) is 43.2 Å². The minimum absolute atomic E-state index is 0.0145. The molecule has 2 heterocycles. The number of likely N-dealkylation sites (tertiary alicyclic amines) is 2. The third kappa shape index (κ3) is 6.19. The topological polar surface area (TPSA) is 120 Å². The third-order valence-corrected chi connectivity index (χ3v) is 5.70. The third-order valence-electron chi connectivity index (χ3n) is 5.70. The van der Waals surface area contributed by atoms with Gasteiger partial charge < -0.3 is 20.9 Å². The Morgan fingerprint density at radius 3 is 2.52 bits per heavy atom. The molecule has 0 aliphatic carbocycles. The molecule has 2 aliphatic rings. The van der Waals surface area contributed by atoms with Crippen molar-refractivity contribution >= 4 is 29.5 Å². The van der Waals surface area contributed by atoms with Gasteiger partial charge in [0.2, 0.25) is 17.8 Å². The van der Waals surface area contributed by atoms with Crippen LogP contribution in [0.2, 0.25) is 0 Å². The van der Waals surface area contributed by atoms with Gasteiger partial charge in [0.25, 0.3) is 0 Å². The molecule has 4 N–H and O–H groups in total. The molecule has 0 aromatic heterocycles. The summed E-state index contributed by atoms with van der Waals surface area (Å²) in [6.07, 6.45) is 4.19. The van der Waals surface area contributed by atoms with Gasteiger partial charge in [0, 0.05) is 25.3 Å². The molecule has 31 heavy (non-hydrogen) atoms. The van der Waals surface area contributed by atoms with Gasteiger partial charge in [0.15, 0.2) is 0 Å². The van der Waals surface area contributed by atoms with Crippen molar-refractivity contribution in [3.8, 4) is 0 Å². The van der Waals surface area contributed by atoms with E-state index in [0.29, 0.717) is 13.0 Å². The number of primary amides is 1. The lowest BCUT2D eigenvalue weighted by atomic mass is 10.1. The zero-order chi connectivity index (χ0) is 22.4. The average Bonchev–Trinajstić information content (AvgIpc) is 3.19. The predicted molar refractivity (Wildman–Crippen MR) is 120 cm³/mol. The largest absolute Gasteiger partial charge is 0.351 e. The van der Waals surface area contributed by atoms with Crippen LogP contribution in [0.3, 0.4) is 0 Å². The van der Waals surface area contributed by atoms with Crippen LogP contribution < -0.4 is 16.4 Å². The smallest absolute Gasteiger partial charge is 0.318 e. The van der Waals surface area contributed by atoms with Crippen molar-refractivity contribution in [3.63, 3.8) is 0 Å². The minimum Gasteiger partial charge on any atom is -0.351 e. The van der Waals surface area contributed by atoms with Crippen molar-refractivity contribution in [2.75, 3.05) is 31.5 Å². The standard InChI is InChI=1S/C22H32N6O3/c1-15-8-9-17(16(2)13-15)24-22(26-21(23)31)25-18-7-3-4-12-28(20(18)30)14-19(29)27-10-5-6-11-27/h8-9,13,18H,3-7,10-12,14H2,1-2H3,(H4,23,24,25,26,31).